The van der Waals surface area contributed by atoms with Crippen LogP contribution in [0.2, 0.25) is 0 Å². The van der Waals surface area contributed by atoms with Gasteiger partial charge < -0.3 is 29.4 Å². The molecule has 0 amide bonds. The van der Waals surface area contributed by atoms with E-state index in [-0.39, 0.29) is 57.8 Å². The molecule has 0 bridgehead atoms. The molecule has 7 rings (SSSR count). The number of aromatic amines is 1. The highest BCUT2D eigenvalue weighted by molar-refractivity contribution is 7.48. The number of phosphoric acid groups is 2. The van der Waals surface area contributed by atoms with Gasteiger partial charge in [0.15, 0.2) is 33.9 Å². The number of rotatable bonds is 4. The Hall–Kier alpha value is -4.95. The molecular formula is C23H22N10O12P2. The average Bonchev–Trinajstić information content (AvgIpc) is 3.79. The Morgan fingerprint density at radius 3 is 2.64 bits per heavy atom. The van der Waals surface area contributed by atoms with Crippen molar-refractivity contribution in [2.24, 2.45) is 10.9 Å². The minimum Gasteiger partial charge on any atom is -0.508 e. The smallest absolute Gasteiger partial charge is 0.508 e. The van der Waals surface area contributed by atoms with Gasteiger partial charge in [-0.2, -0.15) is 4.98 Å². The number of nitrogens with zero attached hydrogens (tertiary/aromatic N) is 8. The van der Waals surface area contributed by atoms with Crippen LogP contribution < -0.4 is 20.6 Å². The van der Waals surface area contributed by atoms with Crippen molar-refractivity contribution in [3.05, 3.63) is 40.9 Å². The molecule has 2 aliphatic rings. The Labute approximate surface area is 260 Å². The summed E-state index contributed by atoms with van der Waals surface area (Å²) >= 11 is 0. The first kappa shape index (κ1) is 30.7. The maximum atomic E-state index is 13.3. The highest BCUT2D eigenvalue weighted by Gasteiger charge is 2.45. The molecule has 6 N–H and O–H groups in total. The fourth-order valence-corrected chi connectivity index (χ4v) is 6.88. The van der Waals surface area contributed by atoms with Gasteiger partial charge in [-0.1, -0.05) is 0 Å². The molecule has 1 aliphatic carbocycles. The molecule has 47 heavy (non-hydrogen) atoms. The number of aliphatic hydroxyl groups is 1. The number of hydrogen-bond acceptors (Lipinski definition) is 17. The van der Waals surface area contributed by atoms with Crippen molar-refractivity contribution in [1.29, 1.82) is 0 Å². The molecule has 4 unspecified atom stereocenters. The van der Waals surface area contributed by atoms with Crippen LogP contribution in [0.4, 0.5) is 11.8 Å². The molecule has 0 spiro atoms. The topological polar surface area (TPSA) is 300 Å². The van der Waals surface area contributed by atoms with Gasteiger partial charge in [0, 0.05) is 5.92 Å². The number of fused-ring (bicyclic) bond motifs is 4. The van der Waals surface area contributed by atoms with Gasteiger partial charge in [0.2, 0.25) is 17.4 Å². The van der Waals surface area contributed by atoms with Crippen LogP contribution in [-0.2, 0) is 29.3 Å². The normalized spacial score (nSPS) is 25.2. The number of phosphoric ester groups is 2. The predicted molar refractivity (Wildman–Crippen MR) is 157 cm³/mol. The second kappa shape index (κ2) is 11.1. The van der Waals surface area contributed by atoms with Crippen LogP contribution in [0, 0.1) is 5.92 Å². The Bertz CT molecular complexity index is 2280. The molecule has 0 fully saturated rings. The first-order valence-electron chi connectivity index (χ1n) is 13.2. The lowest BCUT2D eigenvalue weighted by atomic mass is 10.1. The maximum Gasteiger partial charge on any atom is 0.527 e. The van der Waals surface area contributed by atoms with Crippen LogP contribution in [0.15, 0.2) is 38.9 Å². The molecule has 6 heterocycles. The SMILES string of the molecule is C=Nc1nc2c(ncn2-c2oc3c(c2OC)OP(=O)(O)OCC2CC(n4cnc5c(N)ncnc54)=C(O)C2OP(=O)(O)OC3)c(=O)[nH]1. The van der Waals surface area contributed by atoms with E-state index in [1.807, 2.05) is 0 Å². The summed E-state index contributed by atoms with van der Waals surface area (Å²) in [5, 5.41) is 11.2. The zero-order valence-corrected chi connectivity index (χ0v) is 25.6. The van der Waals surface area contributed by atoms with Crippen LogP contribution in [0.5, 0.6) is 11.5 Å². The van der Waals surface area contributed by atoms with Gasteiger partial charge in [0.1, 0.15) is 37.5 Å². The number of allylic oxidation sites excluding steroid dienone is 1. The third-order valence-corrected chi connectivity index (χ3v) is 9.04. The molecule has 0 saturated carbocycles. The van der Waals surface area contributed by atoms with Crippen LogP contribution in [0.3, 0.4) is 0 Å². The standard InChI is InChI=1S/C23H22N10O12P2/c1-25-23-30-20-13(21(35)31-23)29-8-33(20)22-17(40-2)16-11(43-22)5-42-47(38,39)44-15-9(4-41-46(36,37)45-16)3-10(14(15)34)32-7-28-12-18(24)26-6-27-19(12)32/h6-9,15,34H,1,3-5H2,2H3,(H,36,37)(H,38,39)(H2,24,26,27)(H,30,31,35). The van der Waals surface area contributed by atoms with Gasteiger partial charge >= 0.3 is 15.6 Å². The number of furan rings is 1. The summed E-state index contributed by atoms with van der Waals surface area (Å²) in [6, 6.07) is 0. The lowest BCUT2D eigenvalue weighted by Crippen LogP contribution is -2.25. The van der Waals surface area contributed by atoms with Crippen molar-refractivity contribution in [1.82, 2.24) is 39.0 Å². The van der Waals surface area contributed by atoms with Gasteiger partial charge in [-0.25, -0.2) is 38.6 Å². The van der Waals surface area contributed by atoms with Gasteiger partial charge in [-0.05, 0) is 13.1 Å². The largest absolute Gasteiger partial charge is 0.527 e. The highest BCUT2D eigenvalue weighted by atomic mass is 31.2. The number of nitrogens with two attached hydrogens (primary N) is 1. The number of imidazole rings is 2. The van der Waals surface area contributed by atoms with E-state index < -0.39 is 63.7 Å². The average molecular weight is 692 g/mol. The maximum absolute atomic E-state index is 13.3. The molecule has 24 heteroatoms. The van der Waals surface area contributed by atoms with E-state index in [1.54, 1.807) is 0 Å². The molecule has 1 aliphatic heterocycles. The summed E-state index contributed by atoms with van der Waals surface area (Å²) in [5.41, 5.74) is 5.56. The van der Waals surface area contributed by atoms with Crippen molar-refractivity contribution >= 4 is 62.2 Å². The molecule has 246 valence electrons. The van der Waals surface area contributed by atoms with Crippen molar-refractivity contribution in [3.8, 4) is 17.4 Å². The molecular weight excluding hydrogens is 670 g/mol. The lowest BCUT2D eigenvalue weighted by Gasteiger charge is -2.24. The number of H-pyrrole nitrogens is 1. The van der Waals surface area contributed by atoms with E-state index in [2.05, 4.69) is 41.6 Å². The van der Waals surface area contributed by atoms with E-state index in [4.69, 9.17) is 33.0 Å². The van der Waals surface area contributed by atoms with Crippen molar-refractivity contribution in [2.45, 2.75) is 19.1 Å². The van der Waals surface area contributed by atoms with Gasteiger partial charge in [0.05, 0.1) is 19.4 Å². The Balaban J connectivity index is 1.27. The lowest BCUT2D eigenvalue weighted by molar-refractivity contribution is 0.0467. The number of aliphatic imine (C=N–C) groups is 1. The summed E-state index contributed by atoms with van der Waals surface area (Å²) in [7, 11) is -8.88. The van der Waals surface area contributed by atoms with Crippen molar-refractivity contribution in [3.63, 3.8) is 0 Å². The van der Waals surface area contributed by atoms with Crippen LogP contribution in [0.1, 0.15) is 12.2 Å². The highest BCUT2D eigenvalue weighted by Crippen LogP contribution is 2.56. The fraction of sp³-hybridized carbons (Fsp3) is 0.261. The molecule has 5 aromatic heterocycles. The number of ether oxygens (including phenoxy) is 1. The Morgan fingerprint density at radius 1 is 1.11 bits per heavy atom. The molecule has 4 atom stereocenters. The summed E-state index contributed by atoms with van der Waals surface area (Å²) in [6.07, 6.45) is 1.95. The van der Waals surface area contributed by atoms with E-state index in [1.165, 1.54) is 24.3 Å². The number of nitrogen functional groups attached to an aromatic ring is 1. The number of anilines is 1. The minimum absolute atomic E-state index is 0.0737. The third-order valence-electron chi connectivity index (χ3n) is 7.21. The van der Waals surface area contributed by atoms with Crippen molar-refractivity contribution < 1.29 is 51.3 Å². The zero-order chi connectivity index (χ0) is 33.2. The second-order valence-corrected chi connectivity index (χ2v) is 12.8. The number of aromatic nitrogens is 8. The third kappa shape index (κ3) is 5.26. The van der Waals surface area contributed by atoms with Gasteiger partial charge in [-0.15, -0.1) is 0 Å². The number of hydrogen-bond donors (Lipinski definition) is 5. The number of methoxy groups -OCH3 is 1. The summed E-state index contributed by atoms with van der Waals surface area (Å²) < 4.78 is 61.3. The first-order chi connectivity index (χ1) is 22.4. The summed E-state index contributed by atoms with van der Waals surface area (Å²) in [5.74, 6) is -3.21. The molecule has 0 aromatic carbocycles. The fourth-order valence-electron chi connectivity index (χ4n) is 5.13. The first-order valence-corrected chi connectivity index (χ1v) is 16.2. The van der Waals surface area contributed by atoms with E-state index in [0.29, 0.717) is 0 Å². The Kier molecular flexibility index (Phi) is 7.24. The van der Waals surface area contributed by atoms with Crippen LogP contribution in [-0.4, -0.2) is 80.5 Å². The van der Waals surface area contributed by atoms with Crippen LogP contribution >= 0.6 is 15.6 Å². The minimum atomic E-state index is -5.03. The second-order valence-electron chi connectivity index (χ2n) is 9.99. The molecule has 5 aromatic rings. The van der Waals surface area contributed by atoms with Crippen LogP contribution in [0.25, 0.3) is 33.9 Å². The summed E-state index contributed by atoms with van der Waals surface area (Å²) in [4.78, 5) is 60.2. The number of aliphatic hydroxyl groups excluding tert-OH is 1. The monoisotopic (exact) mass is 692 g/mol. The van der Waals surface area contributed by atoms with Gasteiger partial charge in [-0.3, -0.25) is 32.8 Å². The van der Waals surface area contributed by atoms with Crippen molar-refractivity contribution in [2.75, 3.05) is 19.5 Å². The van der Waals surface area contributed by atoms with E-state index >= 15 is 0 Å². The molecule has 0 saturated heterocycles. The van der Waals surface area contributed by atoms with E-state index in [9.17, 15) is 28.8 Å². The number of nitrogens with one attached hydrogen (secondary N) is 1. The quantitative estimate of drug-likeness (QED) is 0.132. The van der Waals surface area contributed by atoms with Gasteiger partial charge in [0.25, 0.3) is 11.4 Å². The van der Waals surface area contributed by atoms with E-state index in [0.717, 1.165) is 10.9 Å². The molecule has 0 radical (unpaired) electrons. The Morgan fingerprint density at radius 2 is 1.87 bits per heavy atom. The zero-order valence-electron chi connectivity index (χ0n) is 23.8. The molecule has 22 nitrogen and oxygen atoms in total. The summed E-state index contributed by atoms with van der Waals surface area (Å²) in [6.45, 7) is 1.81. The predicted octanol–water partition coefficient (Wildman–Crippen LogP) is 1.72.